The first-order valence-electron chi connectivity index (χ1n) is 4.48. The molecule has 0 nitrogen and oxygen atoms in total. The molecule has 0 saturated heterocycles. The van der Waals surface area contributed by atoms with Crippen molar-refractivity contribution in [1.29, 1.82) is 0 Å². The predicted molar refractivity (Wildman–Crippen MR) is 57.5 cm³/mol. The van der Waals surface area contributed by atoms with Crippen LogP contribution in [-0.4, -0.2) is 6.18 Å². The van der Waals surface area contributed by atoms with Crippen molar-refractivity contribution >= 4 is 0 Å². The fraction of sp³-hybridized carbons (Fsp3) is 0.333. The molecule has 0 radical (unpaired) electrons. The third-order valence-corrected chi connectivity index (χ3v) is 2.28. The van der Waals surface area contributed by atoms with Gasteiger partial charge in [0.2, 0.25) is 0 Å². The van der Waals surface area contributed by atoms with E-state index >= 15 is 0 Å². The lowest BCUT2D eigenvalue weighted by atomic mass is 9.97. The summed E-state index contributed by atoms with van der Waals surface area (Å²) >= 11 is 0. The van der Waals surface area contributed by atoms with Crippen molar-refractivity contribution in [2.75, 3.05) is 0 Å². The summed E-state index contributed by atoms with van der Waals surface area (Å²) in [6, 6.07) is 0. The standard InChI is InChI=1S/C12H15F3/c1-6-8(3)9(4)10(5)11(7-2)12(13,14)15/h6-7H,2,4H2,1,3,5H3/b8-6-,11-10-. The molecule has 0 saturated carbocycles. The van der Waals surface area contributed by atoms with Crippen molar-refractivity contribution in [3.05, 3.63) is 47.6 Å². The number of rotatable bonds is 3. The van der Waals surface area contributed by atoms with Crippen LogP contribution < -0.4 is 0 Å². The first-order chi connectivity index (χ1) is 6.75. The average Bonchev–Trinajstić information content (AvgIpc) is 2.14. The van der Waals surface area contributed by atoms with Gasteiger partial charge >= 0.3 is 6.18 Å². The molecule has 0 atom stereocenters. The molecule has 0 bridgehead atoms. The van der Waals surface area contributed by atoms with E-state index in [0.717, 1.165) is 11.6 Å². The Hall–Kier alpha value is -1.25. The average molecular weight is 216 g/mol. The van der Waals surface area contributed by atoms with Crippen LogP contribution in [0.25, 0.3) is 0 Å². The molecule has 3 heteroatoms. The summed E-state index contributed by atoms with van der Waals surface area (Å²) < 4.78 is 37.5. The highest BCUT2D eigenvalue weighted by molar-refractivity contribution is 5.48. The second-order valence-corrected chi connectivity index (χ2v) is 3.19. The van der Waals surface area contributed by atoms with Gasteiger partial charge in [-0.1, -0.05) is 25.3 Å². The van der Waals surface area contributed by atoms with E-state index in [1.54, 1.807) is 19.9 Å². The van der Waals surface area contributed by atoms with Gasteiger partial charge in [-0.25, -0.2) is 0 Å². The lowest BCUT2D eigenvalue weighted by Crippen LogP contribution is -2.12. The molecule has 0 N–H and O–H groups in total. The summed E-state index contributed by atoms with van der Waals surface area (Å²) in [5.74, 6) is 0. The van der Waals surface area contributed by atoms with Crippen LogP contribution in [0.1, 0.15) is 20.8 Å². The maximum atomic E-state index is 12.5. The predicted octanol–water partition coefficient (Wildman–Crippen LogP) is 4.57. The van der Waals surface area contributed by atoms with Crippen LogP contribution in [0.4, 0.5) is 13.2 Å². The number of hydrogen-bond acceptors (Lipinski definition) is 0. The van der Waals surface area contributed by atoms with Crippen LogP contribution in [-0.2, 0) is 0 Å². The quantitative estimate of drug-likeness (QED) is 0.606. The Labute approximate surface area is 88.5 Å². The monoisotopic (exact) mass is 216 g/mol. The summed E-state index contributed by atoms with van der Waals surface area (Å²) in [5, 5.41) is 0. The minimum absolute atomic E-state index is 0.119. The van der Waals surface area contributed by atoms with E-state index in [-0.39, 0.29) is 5.57 Å². The van der Waals surface area contributed by atoms with Gasteiger partial charge < -0.3 is 0 Å². The Morgan fingerprint density at radius 3 is 1.93 bits per heavy atom. The first kappa shape index (κ1) is 13.8. The van der Waals surface area contributed by atoms with E-state index in [1.165, 1.54) is 6.92 Å². The molecule has 0 fully saturated rings. The van der Waals surface area contributed by atoms with Gasteiger partial charge in [-0.05, 0) is 37.5 Å². The van der Waals surface area contributed by atoms with E-state index in [9.17, 15) is 13.2 Å². The number of halogens is 3. The second kappa shape index (κ2) is 5.01. The van der Waals surface area contributed by atoms with Crippen LogP contribution in [0.5, 0.6) is 0 Å². The Balaban J connectivity index is 5.42. The zero-order chi connectivity index (χ0) is 12.2. The molecule has 15 heavy (non-hydrogen) atoms. The second-order valence-electron chi connectivity index (χ2n) is 3.19. The van der Waals surface area contributed by atoms with Gasteiger partial charge in [0, 0.05) is 0 Å². The summed E-state index contributed by atoms with van der Waals surface area (Å²) in [5.41, 5.74) is 0.516. The SMILES string of the molecule is C=C/C(=C(\C)C(=C)/C(C)=C\C)C(F)(F)F. The molecule has 0 amide bonds. The lowest BCUT2D eigenvalue weighted by molar-refractivity contribution is -0.0887. The van der Waals surface area contributed by atoms with E-state index in [2.05, 4.69) is 13.2 Å². The maximum Gasteiger partial charge on any atom is 0.416 e. The fourth-order valence-corrected chi connectivity index (χ4v) is 1.11. The zero-order valence-corrected chi connectivity index (χ0v) is 9.20. The van der Waals surface area contributed by atoms with Crippen LogP contribution in [0.3, 0.4) is 0 Å². The van der Waals surface area contributed by atoms with E-state index < -0.39 is 11.7 Å². The molecule has 0 aromatic heterocycles. The highest BCUT2D eigenvalue weighted by Crippen LogP contribution is 2.32. The normalized spacial score (nSPS) is 14.7. The van der Waals surface area contributed by atoms with Crippen molar-refractivity contribution in [1.82, 2.24) is 0 Å². The van der Waals surface area contributed by atoms with Gasteiger partial charge in [0.1, 0.15) is 0 Å². The topological polar surface area (TPSA) is 0 Å². The van der Waals surface area contributed by atoms with Gasteiger partial charge in [-0.2, -0.15) is 13.2 Å². The molecule has 0 unspecified atom stereocenters. The van der Waals surface area contributed by atoms with E-state index in [1.807, 2.05) is 0 Å². The molecule has 0 spiro atoms. The van der Waals surface area contributed by atoms with Gasteiger partial charge in [0.15, 0.2) is 0 Å². The highest BCUT2D eigenvalue weighted by atomic mass is 19.4. The van der Waals surface area contributed by atoms with Crippen molar-refractivity contribution in [2.24, 2.45) is 0 Å². The Bertz CT molecular complexity index is 327. The van der Waals surface area contributed by atoms with Gasteiger partial charge in [-0.3, -0.25) is 0 Å². The molecule has 0 rings (SSSR count). The number of hydrogen-bond donors (Lipinski definition) is 0. The molecule has 0 aliphatic rings. The van der Waals surface area contributed by atoms with Crippen molar-refractivity contribution in [3.8, 4) is 0 Å². The van der Waals surface area contributed by atoms with Crippen LogP contribution in [0.15, 0.2) is 47.6 Å². The van der Waals surface area contributed by atoms with E-state index in [4.69, 9.17) is 0 Å². The Kier molecular flexibility index (Phi) is 4.59. The molecule has 0 aliphatic heterocycles. The summed E-state index contributed by atoms with van der Waals surface area (Å²) in [6.07, 6.45) is -1.82. The largest absolute Gasteiger partial charge is 0.416 e. The Morgan fingerprint density at radius 1 is 1.20 bits per heavy atom. The summed E-state index contributed by atoms with van der Waals surface area (Å²) in [7, 11) is 0. The summed E-state index contributed by atoms with van der Waals surface area (Å²) in [6.45, 7) is 11.7. The molecule has 0 aromatic rings. The van der Waals surface area contributed by atoms with Crippen LogP contribution in [0, 0.1) is 0 Å². The van der Waals surface area contributed by atoms with Crippen molar-refractivity contribution < 1.29 is 13.2 Å². The molecule has 84 valence electrons. The van der Waals surface area contributed by atoms with Gasteiger partial charge in [-0.15, -0.1) is 0 Å². The highest BCUT2D eigenvalue weighted by Gasteiger charge is 2.33. The summed E-state index contributed by atoms with van der Waals surface area (Å²) in [4.78, 5) is 0. The molecule has 0 aromatic carbocycles. The van der Waals surface area contributed by atoms with Gasteiger partial charge in [0.25, 0.3) is 0 Å². The zero-order valence-electron chi connectivity index (χ0n) is 9.20. The molecular weight excluding hydrogens is 201 g/mol. The first-order valence-corrected chi connectivity index (χ1v) is 4.48. The van der Waals surface area contributed by atoms with Crippen molar-refractivity contribution in [2.45, 2.75) is 26.9 Å². The fourth-order valence-electron chi connectivity index (χ4n) is 1.11. The van der Waals surface area contributed by atoms with Crippen LogP contribution >= 0.6 is 0 Å². The third kappa shape index (κ3) is 3.42. The number of allylic oxidation sites excluding steroid dienone is 6. The van der Waals surface area contributed by atoms with Gasteiger partial charge in [0.05, 0.1) is 5.57 Å². The molecule has 0 heterocycles. The molecular formula is C12H15F3. The lowest BCUT2D eigenvalue weighted by Gasteiger charge is -2.14. The molecule has 0 aliphatic carbocycles. The maximum absolute atomic E-state index is 12.5. The number of alkyl halides is 3. The third-order valence-electron chi connectivity index (χ3n) is 2.28. The van der Waals surface area contributed by atoms with E-state index in [0.29, 0.717) is 5.57 Å². The minimum Gasteiger partial charge on any atom is -0.166 e. The van der Waals surface area contributed by atoms with Crippen molar-refractivity contribution in [3.63, 3.8) is 0 Å². The van der Waals surface area contributed by atoms with Crippen LogP contribution in [0.2, 0.25) is 0 Å². The minimum atomic E-state index is -4.37. The Morgan fingerprint density at radius 2 is 1.67 bits per heavy atom. The smallest absolute Gasteiger partial charge is 0.166 e.